The minimum absolute atomic E-state index is 0.0736. The van der Waals surface area contributed by atoms with E-state index >= 15 is 0 Å². The van der Waals surface area contributed by atoms with Gasteiger partial charge in [-0.3, -0.25) is 4.79 Å². The maximum atomic E-state index is 12.3. The summed E-state index contributed by atoms with van der Waals surface area (Å²) in [6.07, 6.45) is 5.18. The topological polar surface area (TPSA) is 64.2 Å². The second kappa shape index (κ2) is 5.16. The van der Waals surface area contributed by atoms with Crippen molar-refractivity contribution in [3.05, 3.63) is 35.2 Å². The van der Waals surface area contributed by atoms with Gasteiger partial charge in [-0.25, -0.2) is 9.67 Å². The van der Waals surface area contributed by atoms with Gasteiger partial charge in [-0.2, -0.15) is 5.10 Å². The molecule has 3 heterocycles. The number of nitrogens with zero attached hydrogens (tertiary/aromatic N) is 4. The van der Waals surface area contributed by atoms with Crippen molar-refractivity contribution in [1.29, 1.82) is 0 Å². The smallest absolute Gasteiger partial charge is 0.289 e. The second-order valence-corrected chi connectivity index (χ2v) is 5.31. The molecular weight excluding hydrogens is 312 g/mol. The summed E-state index contributed by atoms with van der Waals surface area (Å²) < 4.78 is 7.70. The van der Waals surface area contributed by atoms with Crippen LogP contribution in [0.4, 0.5) is 0 Å². The number of likely N-dealkylation sites (tertiary alicyclic amines) is 1. The van der Waals surface area contributed by atoms with Crippen LogP contribution in [0.25, 0.3) is 0 Å². The monoisotopic (exact) mass is 324 g/mol. The zero-order valence-corrected chi connectivity index (χ0v) is 11.8. The summed E-state index contributed by atoms with van der Waals surface area (Å²) in [7, 11) is 0. The molecule has 2 aromatic heterocycles. The SMILES string of the molecule is O=C(c1ccc(Br)o1)N1CCC[C@H](n2cncn2)C1. The van der Waals surface area contributed by atoms with E-state index in [1.54, 1.807) is 23.4 Å². The number of carbonyl (C=O) groups is 1. The second-order valence-electron chi connectivity index (χ2n) is 4.53. The first-order chi connectivity index (χ1) is 9.24. The lowest BCUT2D eigenvalue weighted by Gasteiger charge is -2.32. The normalized spacial score (nSPS) is 19.6. The predicted molar refractivity (Wildman–Crippen MR) is 70.6 cm³/mol. The molecule has 0 aromatic carbocycles. The molecule has 0 saturated carbocycles. The summed E-state index contributed by atoms with van der Waals surface area (Å²) in [4.78, 5) is 18.1. The first-order valence-corrected chi connectivity index (χ1v) is 6.92. The zero-order valence-electron chi connectivity index (χ0n) is 10.2. The van der Waals surface area contributed by atoms with Crippen LogP contribution in [0.5, 0.6) is 0 Å². The van der Waals surface area contributed by atoms with E-state index in [4.69, 9.17) is 4.42 Å². The van der Waals surface area contributed by atoms with Crippen molar-refractivity contribution in [2.45, 2.75) is 18.9 Å². The Balaban J connectivity index is 1.73. The number of hydrogen-bond acceptors (Lipinski definition) is 4. The van der Waals surface area contributed by atoms with Crippen molar-refractivity contribution in [3.63, 3.8) is 0 Å². The molecule has 7 heteroatoms. The number of aromatic nitrogens is 3. The van der Waals surface area contributed by atoms with Crippen LogP contribution in [0.15, 0.2) is 33.9 Å². The van der Waals surface area contributed by atoms with E-state index in [2.05, 4.69) is 26.0 Å². The van der Waals surface area contributed by atoms with E-state index < -0.39 is 0 Å². The molecule has 0 spiro atoms. The zero-order chi connectivity index (χ0) is 13.2. The van der Waals surface area contributed by atoms with E-state index in [0.29, 0.717) is 17.0 Å². The van der Waals surface area contributed by atoms with Gasteiger partial charge in [0.05, 0.1) is 6.04 Å². The lowest BCUT2D eigenvalue weighted by molar-refractivity contribution is 0.0639. The van der Waals surface area contributed by atoms with Crippen LogP contribution in [-0.4, -0.2) is 38.7 Å². The van der Waals surface area contributed by atoms with Crippen LogP contribution < -0.4 is 0 Å². The molecule has 1 amide bonds. The molecule has 0 aliphatic carbocycles. The van der Waals surface area contributed by atoms with E-state index in [0.717, 1.165) is 19.4 Å². The standard InChI is InChI=1S/C12H13BrN4O2/c13-11-4-3-10(19-11)12(18)16-5-1-2-9(6-16)17-8-14-7-15-17/h3-4,7-9H,1-2,5-6H2/t9-/m0/s1. The average Bonchev–Trinajstić information content (AvgIpc) is 3.09. The van der Waals surface area contributed by atoms with Crippen molar-refractivity contribution in [1.82, 2.24) is 19.7 Å². The van der Waals surface area contributed by atoms with Crippen molar-refractivity contribution < 1.29 is 9.21 Å². The Morgan fingerprint density at radius 3 is 3.05 bits per heavy atom. The number of piperidine rings is 1. The van der Waals surface area contributed by atoms with E-state index in [1.807, 2.05) is 4.68 Å². The van der Waals surface area contributed by atoms with Gasteiger partial charge >= 0.3 is 0 Å². The van der Waals surface area contributed by atoms with Gasteiger partial charge in [-0.1, -0.05) is 0 Å². The maximum Gasteiger partial charge on any atom is 0.289 e. The molecule has 19 heavy (non-hydrogen) atoms. The summed E-state index contributed by atoms with van der Waals surface area (Å²) in [5.74, 6) is 0.293. The highest BCUT2D eigenvalue weighted by molar-refractivity contribution is 9.10. The Labute approximate surface area is 118 Å². The van der Waals surface area contributed by atoms with E-state index in [1.165, 1.54) is 6.33 Å². The maximum absolute atomic E-state index is 12.3. The minimum atomic E-state index is -0.0736. The van der Waals surface area contributed by atoms with E-state index in [-0.39, 0.29) is 11.9 Å². The number of carbonyl (C=O) groups excluding carboxylic acids is 1. The molecule has 0 bridgehead atoms. The highest BCUT2D eigenvalue weighted by Gasteiger charge is 2.27. The predicted octanol–water partition coefficient (Wildman–Crippen LogP) is 2.11. The van der Waals surface area contributed by atoms with E-state index in [9.17, 15) is 4.79 Å². The molecular formula is C12H13BrN4O2. The van der Waals surface area contributed by atoms with Gasteiger partial charge in [0, 0.05) is 13.1 Å². The van der Waals surface area contributed by atoms with Crippen LogP contribution in [0, 0.1) is 0 Å². The number of halogens is 1. The van der Waals surface area contributed by atoms with Gasteiger partial charge in [-0.05, 0) is 40.9 Å². The van der Waals surface area contributed by atoms with Gasteiger partial charge in [-0.15, -0.1) is 0 Å². The molecule has 0 radical (unpaired) electrons. The Bertz CT molecular complexity index is 566. The Morgan fingerprint density at radius 2 is 2.37 bits per heavy atom. The van der Waals surface area contributed by atoms with Crippen LogP contribution in [0.2, 0.25) is 0 Å². The fourth-order valence-corrected chi connectivity index (χ4v) is 2.65. The fourth-order valence-electron chi connectivity index (χ4n) is 2.35. The molecule has 100 valence electrons. The summed E-state index contributed by atoms with van der Waals surface area (Å²) in [6.45, 7) is 1.39. The number of hydrogen-bond donors (Lipinski definition) is 0. The van der Waals surface area contributed by atoms with Crippen LogP contribution in [0.3, 0.4) is 0 Å². The van der Waals surface area contributed by atoms with Crippen LogP contribution in [-0.2, 0) is 0 Å². The highest BCUT2D eigenvalue weighted by atomic mass is 79.9. The summed E-state index contributed by atoms with van der Waals surface area (Å²) in [5, 5.41) is 4.15. The molecule has 1 saturated heterocycles. The minimum Gasteiger partial charge on any atom is -0.444 e. The Kier molecular flexibility index (Phi) is 3.37. The Hall–Kier alpha value is -1.63. The third-order valence-corrected chi connectivity index (χ3v) is 3.70. The highest BCUT2D eigenvalue weighted by Crippen LogP contribution is 2.23. The average molecular weight is 325 g/mol. The molecule has 1 aliphatic heterocycles. The summed E-state index contributed by atoms with van der Waals surface area (Å²) >= 11 is 3.21. The number of rotatable bonds is 2. The fraction of sp³-hybridized carbons (Fsp3) is 0.417. The quantitative estimate of drug-likeness (QED) is 0.848. The largest absolute Gasteiger partial charge is 0.444 e. The lowest BCUT2D eigenvalue weighted by atomic mass is 10.1. The van der Waals surface area contributed by atoms with Gasteiger partial charge in [0.25, 0.3) is 5.91 Å². The molecule has 1 atom stereocenters. The summed E-state index contributed by atoms with van der Waals surface area (Å²) in [5.41, 5.74) is 0. The van der Waals surface area contributed by atoms with Crippen molar-refractivity contribution in [3.8, 4) is 0 Å². The Morgan fingerprint density at radius 1 is 1.47 bits per heavy atom. The van der Waals surface area contributed by atoms with Gasteiger partial charge in [0.2, 0.25) is 0 Å². The molecule has 6 nitrogen and oxygen atoms in total. The van der Waals surface area contributed by atoms with Crippen molar-refractivity contribution >= 4 is 21.8 Å². The summed E-state index contributed by atoms with van der Waals surface area (Å²) in [6, 6.07) is 3.61. The lowest BCUT2D eigenvalue weighted by Crippen LogP contribution is -2.40. The first kappa shape index (κ1) is 12.4. The third-order valence-electron chi connectivity index (χ3n) is 3.28. The van der Waals surface area contributed by atoms with Crippen molar-refractivity contribution in [2.24, 2.45) is 0 Å². The van der Waals surface area contributed by atoms with Crippen LogP contribution >= 0.6 is 15.9 Å². The molecule has 0 unspecified atom stereocenters. The number of amides is 1. The molecule has 2 aromatic rings. The van der Waals surface area contributed by atoms with Crippen LogP contribution in [0.1, 0.15) is 29.4 Å². The molecule has 1 fully saturated rings. The van der Waals surface area contributed by atoms with Crippen molar-refractivity contribution in [2.75, 3.05) is 13.1 Å². The number of furan rings is 1. The van der Waals surface area contributed by atoms with Gasteiger partial charge < -0.3 is 9.32 Å². The molecule has 0 N–H and O–H groups in total. The third kappa shape index (κ3) is 2.56. The van der Waals surface area contributed by atoms with Gasteiger partial charge in [0.1, 0.15) is 12.7 Å². The van der Waals surface area contributed by atoms with Gasteiger partial charge in [0.15, 0.2) is 10.4 Å². The molecule has 1 aliphatic rings. The first-order valence-electron chi connectivity index (χ1n) is 6.13. The molecule has 3 rings (SSSR count).